The van der Waals surface area contributed by atoms with Crippen molar-refractivity contribution >= 4 is 40.6 Å². The van der Waals surface area contributed by atoms with Gasteiger partial charge in [0.2, 0.25) is 5.91 Å². The molecular formula is C23H27N5O2S2. The molecule has 0 aliphatic rings. The second-order valence-electron chi connectivity index (χ2n) is 7.58. The van der Waals surface area contributed by atoms with Crippen molar-refractivity contribution < 1.29 is 9.59 Å². The van der Waals surface area contributed by atoms with Gasteiger partial charge in [-0.15, -0.1) is 28.1 Å². The van der Waals surface area contributed by atoms with E-state index in [1.165, 1.54) is 23.1 Å². The van der Waals surface area contributed by atoms with Crippen molar-refractivity contribution in [3.05, 3.63) is 71.2 Å². The molecule has 7 nitrogen and oxygen atoms in total. The molecule has 1 atom stereocenters. The van der Waals surface area contributed by atoms with Crippen LogP contribution in [0.2, 0.25) is 0 Å². The zero-order chi connectivity index (χ0) is 22.9. The van der Waals surface area contributed by atoms with Crippen molar-refractivity contribution in [3.8, 4) is 0 Å². The number of benzene rings is 1. The number of rotatable bonds is 11. The first-order chi connectivity index (χ1) is 15.5. The Bertz CT molecular complexity index is 1030. The topological polar surface area (TPSA) is 88.9 Å². The van der Waals surface area contributed by atoms with Crippen LogP contribution in [0.15, 0.2) is 65.7 Å². The highest BCUT2D eigenvalue weighted by Crippen LogP contribution is 2.26. The summed E-state index contributed by atoms with van der Waals surface area (Å²) in [4.78, 5) is 25.7. The third-order valence-electron chi connectivity index (χ3n) is 4.52. The third-order valence-corrected chi connectivity index (χ3v) is 6.35. The predicted molar refractivity (Wildman–Crippen MR) is 130 cm³/mol. The lowest BCUT2D eigenvalue weighted by Crippen LogP contribution is -2.31. The van der Waals surface area contributed by atoms with E-state index >= 15 is 0 Å². The molecule has 2 N–H and O–H groups in total. The van der Waals surface area contributed by atoms with E-state index in [0.29, 0.717) is 34.7 Å². The van der Waals surface area contributed by atoms with Crippen molar-refractivity contribution in [2.75, 3.05) is 11.1 Å². The van der Waals surface area contributed by atoms with Crippen LogP contribution in [0.5, 0.6) is 0 Å². The van der Waals surface area contributed by atoms with Crippen LogP contribution in [0, 0.1) is 5.92 Å². The second kappa shape index (κ2) is 11.6. The molecule has 3 rings (SSSR count). The van der Waals surface area contributed by atoms with E-state index in [2.05, 4.69) is 41.3 Å². The number of hydrogen-bond donors (Lipinski definition) is 2. The van der Waals surface area contributed by atoms with Crippen molar-refractivity contribution in [1.82, 2.24) is 20.1 Å². The Kier molecular flexibility index (Phi) is 8.64. The van der Waals surface area contributed by atoms with Crippen LogP contribution in [-0.4, -0.2) is 32.3 Å². The van der Waals surface area contributed by atoms with Crippen LogP contribution < -0.4 is 10.6 Å². The predicted octanol–water partition coefficient (Wildman–Crippen LogP) is 4.77. The van der Waals surface area contributed by atoms with Gasteiger partial charge in [-0.3, -0.25) is 9.59 Å². The van der Waals surface area contributed by atoms with Gasteiger partial charge in [0.25, 0.3) is 5.91 Å². The van der Waals surface area contributed by atoms with Gasteiger partial charge in [0, 0.05) is 12.2 Å². The molecule has 2 aromatic heterocycles. The number of carbonyl (C=O) groups excluding carboxylic acids is 2. The lowest BCUT2D eigenvalue weighted by atomic mass is 10.0. The van der Waals surface area contributed by atoms with Gasteiger partial charge >= 0.3 is 0 Å². The largest absolute Gasteiger partial charge is 0.341 e. The van der Waals surface area contributed by atoms with E-state index < -0.39 is 0 Å². The summed E-state index contributed by atoms with van der Waals surface area (Å²) in [6.45, 7) is 8.52. The first kappa shape index (κ1) is 23.7. The highest BCUT2D eigenvalue weighted by Gasteiger charge is 2.25. The fraction of sp³-hybridized carbons (Fsp3) is 0.304. The fourth-order valence-electron chi connectivity index (χ4n) is 3.15. The Hall–Kier alpha value is -2.91. The van der Waals surface area contributed by atoms with E-state index in [9.17, 15) is 9.59 Å². The zero-order valence-electron chi connectivity index (χ0n) is 18.2. The summed E-state index contributed by atoms with van der Waals surface area (Å²) < 4.78 is 1.91. The van der Waals surface area contributed by atoms with E-state index in [-0.39, 0.29) is 23.6 Å². The molecule has 0 unspecified atom stereocenters. The minimum Gasteiger partial charge on any atom is -0.341 e. The average molecular weight is 470 g/mol. The quantitative estimate of drug-likeness (QED) is 0.312. The number of amides is 2. The highest BCUT2D eigenvalue weighted by molar-refractivity contribution is 7.99. The standard InChI is InChI=1S/C23H27N5O2S2/c1-4-12-28-21(18(14-16(2)3)25-22(30)19-11-8-13-31-19)26-27-23(28)32-15-20(29)24-17-9-6-5-7-10-17/h4-11,13,16,18H,1,12,14-15H2,2-3H3,(H,24,29)(H,25,30)/t18-/m1/s1. The van der Waals surface area contributed by atoms with Crippen LogP contribution in [0.25, 0.3) is 0 Å². The number of anilines is 1. The molecule has 9 heteroatoms. The summed E-state index contributed by atoms with van der Waals surface area (Å²) in [6.07, 6.45) is 2.47. The van der Waals surface area contributed by atoms with Crippen molar-refractivity contribution in [3.63, 3.8) is 0 Å². The third kappa shape index (κ3) is 6.54. The summed E-state index contributed by atoms with van der Waals surface area (Å²) in [7, 11) is 0. The molecule has 2 amide bonds. The Balaban J connectivity index is 1.75. The summed E-state index contributed by atoms with van der Waals surface area (Å²) in [6, 6.07) is 12.7. The number of para-hydroxylation sites is 1. The number of nitrogens with zero attached hydrogens (tertiary/aromatic N) is 3. The number of hydrogen-bond acceptors (Lipinski definition) is 6. The Morgan fingerprint density at radius 2 is 1.97 bits per heavy atom. The molecule has 0 saturated heterocycles. The average Bonchev–Trinajstić information content (AvgIpc) is 3.43. The molecule has 168 valence electrons. The smallest absolute Gasteiger partial charge is 0.261 e. The number of thioether (sulfide) groups is 1. The molecule has 32 heavy (non-hydrogen) atoms. The van der Waals surface area contributed by atoms with Gasteiger partial charge in [-0.2, -0.15) is 0 Å². The van der Waals surface area contributed by atoms with Gasteiger partial charge in [0.05, 0.1) is 16.7 Å². The molecule has 0 bridgehead atoms. The number of thiophene rings is 1. The number of carbonyl (C=O) groups is 2. The molecule has 1 aromatic carbocycles. The summed E-state index contributed by atoms with van der Waals surface area (Å²) in [5.74, 6) is 0.941. The molecule has 0 saturated carbocycles. The Labute approximate surface area is 196 Å². The van der Waals surface area contributed by atoms with Crippen LogP contribution in [0.3, 0.4) is 0 Å². The van der Waals surface area contributed by atoms with E-state index in [0.717, 1.165) is 5.69 Å². The molecule has 0 fully saturated rings. The minimum atomic E-state index is -0.301. The van der Waals surface area contributed by atoms with Crippen LogP contribution >= 0.6 is 23.1 Å². The van der Waals surface area contributed by atoms with Crippen molar-refractivity contribution in [2.45, 2.75) is 38.0 Å². The molecule has 0 radical (unpaired) electrons. The summed E-state index contributed by atoms with van der Waals surface area (Å²) >= 11 is 2.71. The van der Waals surface area contributed by atoms with Crippen LogP contribution in [-0.2, 0) is 11.3 Å². The lowest BCUT2D eigenvalue weighted by Gasteiger charge is -2.20. The van der Waals surface area contributed by atoms with E-state index in [1.807, 2.05) is 46.3 Å². The molecule has 0 spiro atoms. The lowest BCUT2D eigenvalue weighted by molar-refractivity contribution is -0.113. The Morgan fingerprint density at radius 1 is 1.19 bits per heavy atom. The van der Waals surface area contributed by atoms with Gasteiger partial charge in [-0.1, -0.05) is 56.0 Å². The molecular weight excluding hydrogens is 442 g/mol. The fourth-order valence-corrected chi connectivity index (χ4v) is 4.53. The van der Waals surface area contributed by atoms with E-state index in [1.54, 1.807) is 12.1 Å². The van der Waals surface area contributed by atoms with Crippen molar-refractivity contribution in [2.24, 2.45) is 5.92 Å². The minimum absolute atomic E-state index is 0.124. The van der Waals surface area contributed by atoms with Crippen molar-refractivity contribution in [1.29, 1.82) is 0 Å². The van der Waals surface area contributed by atoms with Gasteiger partial charge in [-0.25, -0.2) is 0 Å². The molecule has 0 aliphatic carbocycles. The van der Waals surface area contributed by atoms with Gasteiger partial charge in [0.15, 0.2) is 11.0 Å². The summed E-state index contributed by atoms with van der Waals surface area (Å²) in [5, 5.41) is 17.2. The molecule has 2 heterocycles. The van der Waals surface area contributed by atoms with E-state index in [4.69, 9.17) is 0 Å². The maximum atomic E-state index is 12.7. The Morgan fingerprint density at radius 3 is 2.62 bits per heavy atom. The van der Waals surface area contributed by atoms with Crippen LogP contribution in [0.1, 0.15) is 41.8 Å². The van der Waals surface area contributed by atoms with Gasteiger partial charge in [-0.05, 0) is 35.9 Å². The summed E-state index contributed by atoms with van der Waals surface area (Å²) in [5.41, 5.74) is 0.750. The second-order valence-corrected chi connectivity index (χ2v) is 9.47. The SMILES string of the molecule is C=CCn1c(SCC(=O)Nc2ccccc2)nnc1[C@@H](CC(C)C)NC(=O)c1cccs1. The zero-order valence-corrected chi connectivity index (χ0v) is 19.8. The first-order valence-electron chi connectivity index (χ1n) is 10.3. The monoisotopic (exact) mass is 469 g/mol. The highest BCUT2D eigenvalue weighted by atomic mass is 32.2. The number of aromatic nitrogens is 3. The maximum Gasteiger partial charge on any atom is 0.261 e. The van der Waals surface area contributed by atoms with Crippen LogP contribution in [0.4, 0.5) is 5.69 Å². The van der Waals surface area contributed by atoms with Gasteiger partial charge in [0.1, 0.15) is 0 Å². The first-order valence-corrected chi connectivity index (χ1v) is 12.2. The normalized spacial score (nSPS) is 11.8. The molecule has 3 aromatic rings. The number of allylic oxidation sites excluding steroid dienone is 1. The molecule has 0 aliphatic heterocycles. The maximum absolute atomic E-state index is 12.7. The van der Waals surface area contributed by atoms with Gasteiger partial charge < -0.3 is 15.2 Å². The number of nitrogens with one attached hydrogen (secondary N) is 2.